The standard InChI is InChI=1S/C18H20N2O5/c1-2-25-18(22)16-10-13(3-6-14(16)11-17(19)21)9-12-4-7-15(8-5-12)20(23)24/h3-8,10,17,21H,2,9,11,19H2,1H3. The highest BCUT2D eigenvalue weighted by atomic mass is 16.6. The lowest BCUT2D eigenvalue weighted by atomic mass is 9.97. The summed E-state index contributed by atoms with van der Waals surface area (Å²) >= 11 is 0. The van der Waals surface area contributed by atoms with Crippen molar-refractivity contribution in [3.8, 4) is 0 Å². The lowest BCUT2D eigenvalue weighted by molar-refractivity contribution is -0.384. The van der Waals surface area contributed by atoms with E-state index in [0.717, 1.165) is 11.1 Å². The van der Waals surface area contributed by atoms with Crippen LogP contribution in [-0.2, 0) is 17.6 Å². The van der Waals surface area contributed by atoms with Crippen LogP contribution in [0.5, 0.6) is 0 Å². The van der Waals surface area contributed by atoms with Crippen molar-refractivity contribution in [2.45, 2.75) is 26.0 Å². The highest BCUT2D eigenvalue weighted by Gasteiger charge is 2.15. The Morgan fingerprint density at radius 1 is 1.24 bits per heavy atom. The molecular formula is C18H20N2O5. The van der Waals surface area contributed by atoms with Gasteiger partial charge in [0, 0.05) is 18.6 Å². The Labute approximate surface area is 145 Å². The number of nitrogens with two attached hydrogens (primary N) is 1. The molecule has 0 saturated heterocycles. The summed E-state index contributed by atoms with van der Waals surface area (Å²) < 4.78 is 5.06. The van der Waals surface area contributed by atoms with Gasteiger partial charge in [0.25, 0.3) is 5.69 Å². The highest BCUT2D eigenvalue weighted by molar-refractivity contribution is 5.91. The number of hydrogen-bond acceptors (Lipinski definition) is 6. The van der Waals surface area contributed by atoms with Gasteiger partial charge in [0.15, 0.2) is 0 Å². The van der Waals surface area contributed by atoms with Crippen molar-refractivity contribution in [3.05, 3.63) is 74.8 Å². The number of carbonyl (C=O) groups is 1. The van der Waals surface area contributed by atoms with Gasteiger partial charge in [-0.15, -0.1) is 0 Å². The lowest BCUT2D eigenvalue weighted by Gasteiger charge is -2.12. The van der Waals surface area contributed by atoms with E-state index in [1.807, 2.05) is 6.07 Å². The fourth-order valence-corrected chi connectivity index (χ4v) is 2.51. The number of nitro benzene ring substituents is 1. The second kappa shape index (κ2) is 8.36. The zero-order valence-electron chi connectivity index (χ0n) is 13.8. The van der Waals surface area contributed by atoms with E-state index in [1.165, 1.54) is 12.1 Å². The van der Waals surface area contributed by atoms with E-state index in [4.69, 9.17) is 10.5 Å². The molecule has 0 amide bonds. The van der Waals surface area contributed by atoms with Gasteiger partial charge in [-0.1, -0.05) is 24.3 Å². The molecule has 0 fully saturated rings. The Kier molecular flexibility index (Phi) is 6.21. The second-order valence-electron chi connectivity index (χ2n) is 5.58. The van der Waals surface area contributed by atoms with Crippen LogP contribution in [-0.4, -0.2) is 28.8 Å². The molecule has 0 aliphatic carbocycles. The summed E-state index contributed by atoms with van der Waals surface area (Å²) in [6, 6.07) is 11.5. The molecule has 7 heteroatoms. The molecule has 0 aliphatic heterocycles. The minimum Gasteiger partial charge on any atom is -0.462 e. The first kappa shape index (κ1) is 18.6. The third-order valence-corrected chi connectivity index (χ3v) is 3.65. The van der Waals surface area contributed by atoms with E-state index in [1.54, 1.807) is 31.2 Å². The minimum atomic E-state index is -1.06. The van der Waals surface area contributed by atoms with Crippen LogP contribution in [0, 0.1) is 10.1 Å². The Morgan fingerprint density at radius 3 is 2.44 bits per heavy atom. The van der Waals surface area contributed by atoms with Crippen molar-refractivity contribution in [3.63, 3.8) is 0 Å². The molecule has 0 bridgehead atoms. The number of non-ortho nitro benzene ring substituents is 1. The zero-order valence-corrected chi connectivity index (χ0v) is 13.8. The van der Waals surface area contributed by atoms with Gasteiger partial charge in [-0.25, -0.2) is 4.79 Å². The molecule has 25 heavy (non-hydrogen) atoms. The average molecular weight is 344 g/mol. The normalized spacial score (nSPS) is 11.8. The molecule has 3 N–H and O–H groups in total. The lowest BCUT2D eigenvalue weighted by Crippen LogP contribution is -2.23. The first-order valence-corrected chi connectivity index (χ1v) is 7.86. The number of hydrogen-bond donors (Lipinski definition) is 2. The summed E-state index contributed by atoms with van der Waals surface area (Å²) in [5, 5.41) is 20.1. The van der Waals surface area contributed by atoms with Gasteiger partial charge in [0.05, 0.1) is 17.1 Å². The van der Waals surface area contributed by atoms with E-state index in [9.17, 15) is 20.0 Å². The third kappa shape index (κ3) is 5.10. The molecule has 7 nitrogen and oxygen atoms in total. The quantitative estimate of drug-likeness (QED) is 0.344. The van der Waals surface area contributed by atoms with Crippen LogP contribution in [0.1, 0.15) is 34.0 Å². The molecule has 132 valence electrons. The van der Waals surface area contributed by atoms with Gasteiger partial charge in [-0.05, 0) is 36.1 Å². The fourth-order valence-electron chi connectivity index (χ4n) is 2.51. The van der Waals surface area contributed by atoms with Crippen molar-refractivity contribution < 1.29 is 19.6 Å². The van der Waals surface area contributed by atoms with Gasteiger partial charge < -0.3 is 15.6 Å². The number of ether oxygens (including phenoxy) is 1. The molecule has 1 atom stereocenters. The van der Waals surface area contributed by atoms with Gasteiger partial charge in [-0.3, -0.25) is 10.1 Å². The highest BCUT2D eigenvalue weighted by Crippen LogP contribution is 2.19. The summed E-state index contributed by atoms with van der Waals surface area (Å²) in [6.45, 7) is 1.96. The number of rotatable bonds is 7. The first-order chi connectivity index (χ1) is 11.9. The van der Waals surface area contributed by atoms with Crippen LogP contribution in [0.25, 0.3) is 0 Å². The van der Waals surface area contributed by atoms with Gasteiger partial charge in [0.1, 0.15) is 6.23 Å². The molecule has 0 saturated carbocycles. The van der Waals surface area contributed by atoms with E-state index < -0.39 is 17.1 Å². The monoisotopic (exact) mass is 344 g/mol. The number of aliphatic hydroxyl groups is 1. The van der Waals surface area contributed by atoms with Gasteiger partial charge in [-0.2, -0.15) is 0 Å². The van der Waals surface area contributed by atoms with E-state index in [2.05, 4.69) is 0 Å². The number of aliphatic hydroxyl groups excluding tert-OH is 1. The largest absolute Gasteiger partial charge is 0.462 e. The van der Waals surface area contributed by atoms with E-state index >= 15 is 0 Å². The molecule has 0 spiro atoms. The smallest absolute Gasteiger partial charge is 0.338 e. The summed E-state index contributed by atoms with van der Waals surface area (Å²) in [5.41, 5.74) is 8.16. The van der Waals surface area contributed by atoms with Crippen LogP contribution in [0.15, 0.2) is 42.5 Å². The van der Waals surface area contributed by atoms with E-state index in [0.29, 0.717) is 17.5 Å². The van der Waals surface area contributed by atoms with Crippen molar-refractivity contribution >= 4 is 11.7 Å². The number of esters is 1. The maximum atomic E-state index is 12.2. The molecule has 2 rings (SSSR count). The summed E-state index contributed by atoms with van der Waals surface area (Å²) in [6.07, 6.45) is -0.407. The van der Waals surface area contributed by atoms with Crippen LogP contribution < -0.4 is 5.73 Å². The van der Waals surface area contributed by atoms with Crippen LogP contribution in [0.4, 0.5) is 5.69 Å². The Bertz CT molecular complexity index is 757. The molecule has 2 aromatic carbocycles. The molecule has 0 aromatic heterocycles. The van der Waals surface area contributed by atoms with Crippen LogP contribution >= 0.6 is 0 Å². The number of benzene rings is 2. The summed E-state index contributed by atoms with van der Waals surface area (Å²) in [4.78, 5) is 22.4. The molecule has 1 unspecified atom stereocenters. The van der Waals surface area contributed by atoms with Gasteiger partial charge in [0.2, 0.25) is 0 Å². The third-order valence-electron chi connectivity index (χ3n) is 3.65. The maximum absolute atomic E-state index is 12.2. The Morgan fingerprint density at radius 2 is 1.88 bits per heavy atom. The number of nitrogens with zero attached hydrogens (tertiary/aromatic N) is 1. The average Bonchev–Trinajstić information content (AvgIpc) is 2.56. The predicted octanol–water partition coefficient (Wildman–Crippen LogP) is 2.18. The number of nitro groups is 1. The molecule has 0 radical (unpaired) electrons. The number of carbonyl (C=O) groups excluding carboxylic acids is 1. The predicted molar refractivity (Wildman–Crippen MR) is 92.2 cm³/mol. The van der Waals surface area contributed by atoms with Crippen molar-refractivity contribution in [2.24, 2.45) is 5.73 Å². The minimum absolute atomic E-state index is 0.0308. The summed E-state index contributed by atoms with van der Waals surface area (Å²) in [7, 11) is 0. The van der Waals surface area contributed by atoms with Crippen molar-refractivity contribution in [1.82, 2.24) is 0 Å². The zero-order chi connectivity index (χ0) is 18.4. The van der Waals surface area contributed by atoms with Crippen molar-refractivity contribution in [2.75, 3.05) is 6.61 Å². The SMILES string of the molecule is CCOC(=O)c1cc(Cc2ccc([N+](=O)[O-])cc2)ccc1CC(N)O. The van der Waals surface area contributed by atoms with Crippen molar-refractivity contribution in [1.29, 1.82) is 0 Å². The van der Waals surface area contributed by atoms with Crippen LogP contribution in [0.3, 0.4) is 0 Å². The maximum Gasteiger partial charge on any atom is 0.338 e. The van der Waals surface area contributed by atoms with Gasteiger partial charge >= 0.3 is 5.97 Å². The Hall–Kier alpha value is -2.77. The van der Waals surface area contributed by atoms with Crippen LogP contribution in [0.2, 0.25) is 0 Å². The molecule has 0 heterocycles. The molecule has 2 aromatic rings. The second-order valence-corrected chi connectivity index (χ2v) is 5.58. The fraction of sp³-hybridized carbons (Fsp3) is 0.278. The topological polar surface area (TPSA) is 116 Å². The molecule has 0 aliphatic rings. The molecular weight excluding hydrogens is 324 g/mol. The first-order valence-electron chi connectivity index (χ1n) is 7.86. The summed E-state index contributed by atoms with van der Waals surface area (Å²) in [5.74, 6) is -0.469. The Balaban J connectivity index is 2.27. The van der Waals surface area contributed by atoms with E-state index in [-0.39, 0.29) is 18.7 Å².